The summed E-state index contributed by atoms with van der Waals surface area (Å²) in [7, 11) is 0. The number of halogens is 3. The van der Waals surface area contributed by atoms with Crippen molar-refractivity contribution in [2.75, 3.05) is 0 Å². The van der Waals surface area contributed by atoms with Crippen LogP contribution < -0.4 is 0 Å². The van der Waals surface area contributed by atoms with Crippen molar-refractivity contribution in [1.82, 2.24) is 0 Å². The third kappa shape index (κ3) is 2.76. The predicted molar refractivity (Wildman–Crippen MR) is 69.2 cm³/mol. The number of aliphatic hydroxyl groups is 1. The second kappa shape index (κ2) is 5.59. The lowest BCUT2D eigenvalue weighted by Crippen LogP contribution is -2.07. The third-order valence-electron chi connectivity index (χ3n) is 2.68. The average Bonchev–Trinajstić information content (AvgIpc) is 2.36. The highest BCUT2D eigenvalue weighted by Crippen LogP contribution is 2.28. The SMILES string of the molecule is OC(Cc1ccccc1)c1c(F)ccc(Br)c1F. The summed E-state index contributed by atoms with van der Waals surface area (Å²) < 4.78 is 27.5. The standard InChI is InChI=1S/C14H11BrF2O/c15-10-6-7-11(16)13(14(10)17)12(18)8-9-4-2-1-3-5-9/h1-7,12,18H,8H2. The van der Waals surface area contributed by atoms with Gasteiger partial charge in [-0.3, -0.25) is 0 Å². The van der Waals surface area contributed by atoms with Gasteiger partial charge in [-0.1, -0.05) is 30.3 Å². The fourth-order valence-electron chi connectivity index (χ4n) is 1.79. The van der Waals surface area contributed by atoms with Crippen molar-refractivity contribution in [1.29, 1.82) is 0 Å². The molecular formula is C14H11BrF2O. The van der Waals surface area contributed by atoms with Crippen LogP contribution in [0.25, 0.3) is 0 Å². The van der Waals surface area contributed by atoms with Crippen LogP contribution in [0.1, 0.15) is 17.2 Å². The minimum atomic E-state index is -1.20. The van der Waals surface area contributed by atoms with E-state index in [4.69, 9.17) is 0 Å². The molecule has 0 saturated heterocycles. The van der Waals surface area contributed by atoms with Gasteiger partial charge in [-0.05, 0) is 33.6 Å². The van der Waals surface area contributed by atoms with Gasteiger partial charge in [0.2, 0.25) is 0 Å². The molecule has 1 N–H and O–H groups in total. The molecule has 0 aliphatic carbocycles. The van der Waals surface area contributed by atoms with Crippen LogP contribution in [-0.4, -0.2) is 5.11 Å². The van der Waals surface area contributed by atoms with Crippen LogP contribution >= 0.6 is 15.9 Å². The summed E-state index contributed by atoms with van der Waals surface area (Å²) in [6, 6.07) is 11.5. The maximum absolute atomic E-state index is 13.8. The van der Waals surface area contributed by atoms with E-state index in [1.165, 1.54) is 6.07 Å². The highest BCUT2D eigenvalue weighted by Gasteiger charge is 2.20. The van der Waals surface area contributed by atoms with Gasteiger partial charge in [0.15, 0.2) is 0 Å². The van der Waals surface area contributed by atoms with Gasteiger partial charge >= 0.3 is 0 Å². The number of benzene rings is 2. The van der Waals surface area contributed by atoms with Gasteiger partial charge in [-0.2, -0.15) is 0 Å². The predicted octanol–water partition coefficient (Wildman–Crippen LogP) is 4.00. The van der Waals surface area contributed by atoms with E-state index in [1.807, 2.05) is 18.2 Å². The van der Waals surface area contributed by atoms with E-state index >= 15 is 0 Å². The Morgan fingerprint density at radius 3 is 2.39 bits per heavy atom. The molecule has 0 fully saturated rings. The van der Waals surface area contributed by atoms with Gasteiger partial charge in [-0.15, -0.1) is 0 Å². The Bertz CT molecular complexity index is 543. The average molecular weight is 313 g/mol. The van der Waals surface area contributed by atoms with Gasteiger partial charge in [0, 0.05) is 6.42 Å². The molecule has 0 heterocycles. The Morgan fingerprint density at radius 1 is 1.06 bits per heavy atom. The van der Waals surface area contributed by atoms with E-state index < -0.39 is 17.7 Å². The molecule has 0 saturated carbocycles. The monoisotopic (exact) mass is 312 g/mol. The van der Waals surface area contributed by atoms with E-state index in [1.54, 1.807) is 12.1 Å². The highest BCUT2D eigenvalue weighted by molar-refractivity contribution is 9.10. The van der Waals surface area contributed by atoms with Gasteiger partial charge in [0.1, 0.15) is 11.6 Å². The van der Waals surface area contributed by atoms with Crippen molar-refractivity contribution >= 4 is 15.9 Å². The summed E-state index contributed by atoms with van der Waals surface area (Å²) in [5.74, 6) is -1.49. The summed E-state index contributed by atoms with van der Waals surface area (Å²) in [6.45, 7) is 0. The Morgan fingerprint density at radius 2 is 1.72 bits per heavy atom. The molecular weight excluding hydrogens is 302 g/mol. The zero-order chi connectivity index (χ0) is 13.1. The second-order valence-electron chi connectivity index (χ2n) is 3.96. The molecule has 94 valence electrons. The fraction of sp³-hybridized carbons (Fsp3) is 0.143. The van der Waals surface area contributed by atoms with Crippen LogP contribution in [0, 0.1) is 11.6 Å². The smallest absolute Gasteiger partial charge is 0.146 e. The molecule has 4 heteroatoms. The van der Waals surface area contributed by atoms with E-state index in [-0.39, 0.29) is 16.5 Å². The molecule has 0 aliphatic rings. The number of aliphatic hydroxyl groups excluding tert-OH is 1. The summed E-state index contributed by atoms with van der Waals surface area (Å²) in [4.78, 5) is 0. The van der Waals surface area contributed by atoms with Crippen LogP contribution in [0.15, 0.2) is 46.9 Å². The molecule has 1 unspecified atom stereocenters. The molecule has 2 aromatic carbocycles. The second-order valence-corrected chi connectivity index (χ2v) is 4.82. The minimum absolute atomic E-state index is 0.144. The summed E-state index contributed by atoms with van der Waals surface area (Å²) in [6.07, 6.45) is -1.03. The van der Waals surface area contributed by atoms with Gasteiger partial charge < -0.3 is 5.11 Å². The van der Waals surface area contributed by atoms with Crippen LogP contribution in [0.5, 0.6) is 0 Å². The number of hydrogen-bond acceptors (Lipinski definition) is 1. The first-order valence-electron chi connectivity index (χ1n) is 5.45. The number of hydrogen-bond donors (Lipinski definition) is 1. The zero-order valence-corrected chi connectivity index (χ0v) is 11.0. The molecule has 1 atom stereocenters. The summed E-state index contributed by atoms with van der Waals surface area (Å²) in [5, 5.41) is 9.96. The van der Waals surface area contributed by atoms with Crippen LogP contribution in [0.4, 0.5) is 8.78 Å². The summed E-state index contributed by atoms with van der Waals surface area (Å²) >= 11 is 2.98. The van der Waals surface area contributed by atoms with Crippen molar-refractivity contribution < 1.29 is 13.9 Å². The lowest BCUT2D eigenvalue weighted by Gasteiger charge is -2.13. The van der Waals surface area contributed by atoms with Crippen molar-refractivity contribution in [3.8, 4) is 0 Å². The lowest BCUT2D eigenvalue weighted by atomic mass is 10.0. The van der Waals surface area contributed by atoms with Crippen molar-refractivity contribution in [2.24, 2.45) is 0 Å². The molecule has 1 nitrogen and oxygen atoms in total. The van der Waals surface area contributed by atoms with Crippen LogP contribution in [0.2, 0.25) is 0 Å². The molecule has 18 heavy (non-hydrogen) atoms. The quantitative estimate of drug-likeness (QED) is 0.849. The number of rotatable bonds is 3. The molecule has 0 spiro atoms. The molecule has 2 rings (SSSR count). The Balaban J connectivity index is 2.29. The van der Waals surface area contributed by atoms with Gasteiger partial charge in [0.05, 0.1) is 16.1 Å². The first-order valence-corrected chi connectivity index (χ1v) is 6.24. The molecule has 2 aromatic rings. The topological polar surface area (TPSA) is 20.2 Å². The third-order valence-corrected chi connectivity index (χ3v) is 3.30. The van der Waals surface area contributed by atoms with E-state index in [2.05, 4.69) is 15.9 Å². The highest BCUT2D eigenvalue weighted by atomic mass is 79.9. The molecule has 0 amide bonds. The molecule has 0 radical (unpaired) electrons. The first kappa shape index (κ1) is 13.2. The lowest BCUT2D eigenvalue weighted by molar-refractivity contribution is 0.168. The zero-order valence-electron chi connectivity index (χ0n) is 9.41. The van der Waals surface area contributed by atoms with E-state index in [9.17, 15) is 13.9 Å². The van der Waals surface area contributed by atoms with Crippen molar-refractivity contribution in [3.63, 3.8) is 0 Å². The van der Waals surface area contributed by atoms with Gasteiger partial charge in [0.25, 0.3) is 0 Å². The Labute approximate surface area is 112 Å². The van der Waals surface area contributed by atoms with E-state index in [0.717, 1.165) is 11.6 Å². The maximum atomic E-state index is 13.8. The Hall–Kier alpha value is -1.26. The van der Waals surface area contributed by atoms with Crippen molar-refractivity contribution in [3.05, 3.63) is 69.7 Å². The molecule has 0 bridgehead atoms. The maximum Gasteiger partial charge on any atom is 0.146 e. The fourth-order valence-corrected chi connectivity index (χ4v) is 2.13. The van der Waals surface area contributed by atoms with Crippen LogP contribution in [-0.2, 0) is 6.42 Å². The normalized spacial score (nSPS) is 12.4. The molecule has 0 aliphatic heterocycles. The minimum Gasteiger partial charge on any atom is -0.388 e. The van der Waals surface area contributed by atoms with Gasteiger partial charge in [-0.25, -0.2) is 8.78 Å². The largest absolute Gasteiger partial charge is 0.388 e. The van der Waals surface area contributed by atoms with Crippen LogP contribution in [0.3, 0.4) is 0 Å². The Kier molecular flexibility index (Phi) is 4.09. The molecule has 0 aromatic heterocycles. The van der Waals surface area contributed by atoms with Crippen molar-refractivity contribution in [2.45, 2.75) is 12.5 Å². The van der Waals surface area contributed by atoms with E-state index in [0.29, 0.717) is 0 Å². The summed E-state index contributed by atoms with van der Waals surface area (Å²) in [5.41, 5.74) is 0.525. The first-order chi connectivity index (χ1) is 8.59.